The first-order valence-electron chi connectivity index (χ1n) is 4.92. The predicted molar refractivity (Wildman–Crippen MR) is 54.4 cm³/mol. The number of hydrogen-bond acceptors (Lipinski definition) is 2. The Bertz CT molecular complexity index is 497. The van der Waals surface area contributed by atoms with Crippen LogP contribution in [0, 0.1) is 0 Å². The van der Waals surface area contributed by atoms with Crippen molar-refractivity contribution in [3.05, 3.63) is 23.9 Å². The molecule has 1 aliphatic rings. The number of rotatable bonds is 1. The topological polar surface area (TPSA) is 38.0 Å². The molecule has 3 heteroatoms. The molecule has 3 nitrogen and oxygen atoms in total. The first-order valence-corrected chi connectivity index (χ1v) is 4.92. The van der Waals surface area contributed by atoms with E-state index in [2.05, 4.69) is 5.10 Å². The molecule has 2 aromatic rings. The second-order valence-electron chi connectivity index (χ2n) is 3.95. The van der Waals surface area contributed by atoms with E-state index in [1.807, 2.05) is 23.9 Å². The van der Waals surface area contributed by atoms with Crippen molar-refractivity contribution in [1.82, 2.24) is 9.78 Å². The van der Waals surface area contributed by atoms with Gasteiger partial charge in [0.15, 0.2) is 0 Å². The van der Waals surface area contributed by atoms with Gasteiger partial charge in [-0.25, -0.2) is 0 Å². The molecule has 1 fully saturated rings. The molecule has 0 spiro atoms. The van der Waals surface area contributed by atoms with Gasteiger partial charge in [-0.1, -0.05) is 6.07 Å². The number of hydrogen-bond donors (Lipinski definition) is 1. The van der Waals surface area contributed by atoms with Gasteiger partial charge >= 0.3 is 0 Å². The van der Waals surface area contributed by atoms with Crippen LogP contribution in [0.5, 0.6) is 5.75 Å². The summed E-state index contributed by atoms with van der Waals surface area (Å²) in [5.41, 5.74) is 2.09. The van der Waals surface area contributed by atoms with E-state index in [0.29, 0.717) is 11.7 Å². The molecule has 1 aliphatic carbocycles. The molecule has 14 heavy (non-hydrogen) atoms. The number of phenols is 1. The van der Waals surface area contributed by atoms with Gasteiger partial charge in [-0.2, -0.15) is 5.10 Å². The van der Waals surface area contributed by atoms with Crippen LogP contribution in [0.2, 0.25) is 0 Å². The minimum absolute atomic E-state index is 0.359. The number of phenolic OH excluding ortho intramolecular Hbond substituents is 1. The van der Waals surface area contributed by atoms with E-state index < -0.39 is 0 Å². The van der Waals surface area contributed by atoms with Crippen molar-refractivity contribution >= 4 is 10.9 Å². The summed E-state index contributed by atoms with van der Waals surface area (Å²) in [5, 5.41) is 15.2. The molecule has 0 aliphatic heterocycles. The van der Waals surface area contributed by atoms with Crippen LogP contribution in [0.15, 0.2) is 18.2 Å². The van der Waals surface area contributed by atoms with E-state index in [1.54, 1.807) is 6.07 Å². The van der Waals surface area contributed by atoms with Gasteiger partial charge in [0.25, 0.3) is 0 Å². The van der Waals surface area contributed by atoms with Crippen LogP contribution in [0.3, 0.4) is 0 Å². The highest BCUT2D eigenvalue weighted by Gasteiger charge is 2.29. The van der Waals surface area contributed by atoms with Gasteiger partial charge in [0.1, 0.15) is 5.75 Å². The molecule has 1 heterocycles. The fourth-order valence-corrected chi connectivity index (χ4v) is 1.97. The molecule has 1 saturated carbocycles. The Morgan fingerprint density at radius 3 is 2.93 bits per heavy atom. The zero-order valence-electron chi connectivity index (χ0n) is 8.07. The molecule has 72 valence electrons. The molecule has 0 amide bonds. The van der Waals surface area contributed by atoms with Gasteiger partial charge in [0.05, 0.1) is 16.6 Å². The second kappa shape index (κ2) is 2.50. The van der Waals surface area contributed by atoms with Crippen molar-refractivity contribution < 1.29 is 5.11 Å². The maximum atomic E-state index is 9.79. The lowest BCUT2D eigenvalue weighted by Crippen LogP contribution is -1.90. The first kappa shape index (κ1) is 7.85. The number of aromatic nitrogens is 2. The summed E-state index contributed by atoms with van der Waals surface area (Å²) < 4.78 is 1.85. The zero-order chi connectivity index (χ0) is 9.71. The maximum Gasteiger partial charge on any atom is 0.126 e. The molecule has 0 unspecified atom stereocenters. The van der Waals surface area contributed by atoms with Crippen molar-refractivity contribution in [2.24, 2.45) is 7.05 Å². The minimum Gasteiger partial charge on any atom is -0.507 e. The Morgan fingerprint density at radius 2 is 2.21 bits per heavy atom. The van der Waals surface area contributed by atoms with E-state index in [4.69, 9.17) is 0 Å². The van der Waals surface area contributed by atoms with E-state index in [0.717, 1.165) is 16.6 Å². The van der Waals surface area contributed by atoms with Gasteiger partial charge in [-0.05, 0) is 25.0 Å². The van der Waals surface area contributed by atoms with Crippen LogP contribution < -0.4 is 0 Å². The highest BCUT2D eigenvalue weighted by molar-refractivity contribution is 5.88. The summed E-state index contributed by atoms with van der Waals surface area (Å²) in [4.78, 5) is 0. The Balaban J connectivity index is 2.39. The maximum absolute atomic E-state index is 9.79. The van der Waals surface area contributed by atoms with Crippen LogP contribution in [-0.4, -0.2) is 14.9 Å². The van der Waals surface area contributed by atoms with Crippen molar-refractivity contribution in [3.8, 4) is 5.75 Å². The summed E-state index contributed by atoms with van der Waals surface area (Å²) in [6, 6.07) is 5.58. The molecule has 1 N–H and O–H groups in total. The molecule has 0 radical (unpaired) electrons. The summed E-state index contributed by atoms with van der Waals surface area (Å²) in [6.07, 6.45) is 2.42. The lowest BCUT2D eigenvalue weighted by Gasteiger charge is -1.96. The molecule has 0 bridgehead atoms. The fourth-order valence-electron chi connectivity index (χ4n) is 1.97. The van der Waals surface area contributed by atoms with Crippen molar-refractivity contribution in [2.75, 3.05) is 0 Å². The Hall–Kier alpha value is -1.51. The summed E-state index contributed by atoms with van der Waals surface area (Å²) in [6.45, 7) is 0. The summed E-state index contributed by atoms with van der Waals surface area (Å²) >= 11 is 0. The number of aromatic hydroxyl groups is 1. The van der Waals surface area contributed by atoms with Gasteiger partial charge in [0.2, 0.25) is 0 Å². The SMILES string of the molecule is Cn1nc(C2CC2)c2c(O)cccc21. The monoisotopic (exact) mass is 188 g/mol. The standard InChI is InChI=1S/C11H12N2O/c1-13-8-3-2-4-9(14)10(8)11(12-13)7-5-6-7/h2-4,7,14H,5-6H2,1H3. The predicted octanol–water partition coefficient (Wildman–Crippen LogP) is 2.16. The number of benzene rings is 1. The van der Waals surface area contributed by atoms with Gasteiger partial charge in [0, 0.05) is 13.0 Å². The lowest BCUT2D eigenvalue weighted by molar-refractivity contribution is 0.481. The van der Waals surface area contributed by atoms with Crippen molar-refractivity contribution in [2.45, 2.75) is 18.8 Å². The minimum atomic E-state index is 0.359. The van der Waals surface area contributed by atoms with Crippen molar-refractivity contribution in [3.63, 3.8) is 0 Å². The van der Waals surface area contributed by atoms with Gasteiger partial charge in [-0.3, -0.25) is 4.68 Å². The molecular weight excluding hydrogens is 176 g/mol. The van der Waals surface area contributed by atoms with Gasteiger partial charge < -0.3 is 5.11 Å². The quantitative estimate of drug-likeness (QED) is 0.744. The molecule has 0 atom stereocenters. The zero-order valence-corrected chi connectivity index (χ0v) is 8.07. The number of aryl methyl sites for hydroxylation is 1. The van der Waals surface area contributed by atoms with Crippen LogP contribution in [0.25, 0.3) is 10.9 Å². The average molecular weight is 188 g/mol. The smallest absolute Gasteiger partial charge is 0.126 e. The van der Waals surface area contributed by atoms with Crippen molar-refractivity contribution in [1.29, 1.82) is 0 Å². The lowest BCUT2D eigenvalue weighted by atomic mass is 10.1. The van der Waals surface area contributed by atoms with E-state index in [1.165, 1.54) is 12.8 Å². The average Bonchev–Trinajstić information content (AvgIpc) is 2.94. The third-order valence-electron chi connectivity index (χ3n) is 2.85. The Kier molecular flexibility index (Phi) is 1.40. The summed E-state index contributed by atoms with van der Waals surface area (Å²) in [5.74, 6) is 0.935. The third kappa shape index (κ3) is 0.953. The highest BCUT2D eigenvalue weighted by Crippen LogP contribution is 2.44. The normalized spacial score (nSPS) is 16.4. The molecule has 1 aromatic carbocycles. The van der Waals surface area contributed by atoms with Gasteiger partial charge in [-0.15, -0.1) is 0 Å². The number of nitrogens with zero attached hydrogens (tertiary/aromatic N) is 2. The van der Waals surface area contributed by atoms with E-state index in [9.17, 15) is 5.11 Å². The largest absolute Gasteiger partial charge is 0.507 e. The fraction of sp³-hybridized carbons (Fsp3) is 0.364. The highest BCUT2D eigenvalue weighted by atomic mass is 16.3. The third-order valence-corrected chi connectivity index (χ3v) is 2.85. The Labute approximate surface area is 82.0 Å². The number of fused-ring (bicyclic) bond motifs is 1. The van der Waals surface area contributed by atoms with Crippen LogP contribution in [-0.2, 0) is 7.05 Å². The second-order valence-corrected chi connectivity index (χ2v) is 3.95. The Morgan fingerprint density at radius 1 is 1.43 bits per heavy atom. The molecule has 1 aromatic heterocycles. The molecule has 0 saturated heterocycles. The van der Waals surface area contributed by atoms with E-state index in [-0.39, 0.29) is 0 Å². The van der Waals surface area contributed by atoms with Crippen LogP contribution >= 0.6 is 0 Å². The first-order chi connectivity index (χ1) is 6.77. The molecular formula is C11H12N2O. The summed E-state index contributed by atoms with van der Waals surface area (Å²) in [7, 11) is 1.92. The van der Waals surface area contributed by atoms with Crippen LogP contribution in [0.4, 0.5) is 0 Å². The molecule has 3 rings (SSSR count). The van der Waals surface area contributed by atoms with E-state index >= 15 is 0 Å². The van der Waals surface area contributed by atoms with Crippen LogP contribution in [0.1, 0.15) is 24.5 Å².